The first-order valence-corrected chi connectivity index (χ1v) is 7.48. The van der Waals surface area contributed by atoms with Crippen LogP contribution in [0, 0.1) is 10.1 Å². The zero-order valence-corrected chi connectivity index (χ0v) is 11.2. The largest absolute Gasteiger partial charge is 0.381 e. The van der Waals surface area contributed by atoms with Crippen LogP contribution in [-0.2, 0) is 10.8 Å². The molecule has 18 heavy (non-hydrogen) atoms. The summed E-state index contributed by atoms with van der Waals surface area (Å²) >= 11 is 6.00. The molecular weight excluding hydrogens is 276 g/mol. The van der Waals surface area contributed by atoms with Crippen LogP contribution in [0.4, 0.5) is 11.4 Å². The third kappa shape index (κ3) is 3.20. The predicted molar refractivity (Wildman–Crippen MR) is 72.6 cm³/mol. The van der Waals surface area contributed by atoms with Gasteiger partial charge < -0.3 is 5.32 Å². The van der Waals surface area contributed by atoms with Crippen molar-refractivity contribution >= 4 is 33.8 Å². The van der Waals surface area contributed by atoms with E-state index in [1.807, 2.05) is 0 Å². The van der Waals surface area contributed by atoms with Crippen LogP contribution < -0.4 is 5.32 Å². The fourth-order valence-corrected chi connectivity index (χ4v) is 3.37. The summed E-state index contributed by atoms with van der Waals surface area (Å²) < 4.78 is 11.2. The number of nitro benzene ring substituents is 1. The zero-order chi connectivity index (χ0) is 13.1. The second kappa shape index (κ2) is 5.67. The van der Waals surface area contributed by atoms with Gasteiger partial charge in [0.2, 0.25) is 0 Å². The number of non-ortho nitro benzene ring substituents is 1. The minimum absolute atomic E-state index is 0.0151. The number of benzene rings is 1. The number of hydrogen-bond acceptors (Lipinski definition) is 4. The molecule has 0 amide bonds. The quantitative estimate of drug-likeness (QED) is 0.685. The Morgan fingerprint density at radius 2 is 2.06 bits per heavy atom. The maximum absolute atomic E-state index is 11.2. The minimum Gasteiger partial charge on any atom is -0.381 e. The smallest absolute Gasteiger partial charge is 0.271 e. The summed E-state index contributed by atoms with van der Waals surface area (Å²) in [5, 5.41) is 14.4. The minimum atomic E-state index is -0.717. The molecule has 1 aliphatic rings. The molecule has 2 rings (SSSR count). The van der Waals surface area contributed by atoms with Crippen molar-refractivity contribution in [1.29, 1.82) is 0 Å². The first kappa shape index (κ1) is 13.3. The Bertz CT molecular complexity index is 485. The Balaban J connectivity index is 2.10. The van der Waals surface area contributed by atoms with Gasteiger partial charge in [-0.1, -0.05) is 11.6 Å². The van der Waals surface area contributed by atoms with Crippen LogP contribution in [0.5, 0.6) is 0 Å². The molecule has 1 aromatic carbocycles. The number of hydrogen-bond donors (Lipinski definition) is 1. The molecule has 98 valence electrons. The van der Waals surface area contributed by atoms with Crippen molar-refractivity contribution in [2.45, 2.75) is 18.9 Å². The lowest BCUT2D eigenvalue weighted by Crippen LogP contribution is -2.29. The van der Waals surface area contributed by atoms with Crippen molar-refractivity contribution in [3.05, 3.63) is 33.3 Å². The summed E-state index contributed by atoms with van der Waals surface area (Å²) in [7, 11) is -0.717. The van der Waals surface area contributed by atoms with E-state index < -0.39 is 15.7 Å². The number of nitro groups is 1. The molecule has 0 aliphatic carbocycles. The van der Waals surface area contributed by atoms with Gasteiger partial charge in [0.05, 0.1) is 15.6 Å². The van der Waals surface area contributed by atoms with E-state index in [9.17, 15) is 14.3 Å². The number of anilines is 1. The van der Waals surface area contributed by atoms with E-state index >= 15 is 0 Å². The lowest BCUT2D eigenvalue weighted by Gasteiger charge is -2.23. The second-order valence-electron chi connectivity index (χ2n) is 4.19. The third-order valence-electron chi connectivity index (χ3n) is 2.91. The van der Waals surface area contributed by atoms with Gasteiger partial charge in [-0.2, -0.15) is 0 Å². The van der Waals surface area contributed by atoms with Gasteiger partial charge in [0.1, 0.15) is 0 Å². The third-order valence-corrected chi connectivity index (χ3v) is 4.62. The van der Waals surface area contributed by atoms with Crippen LogP contribution >= 0.6 is 11.6 Å². The maximum Gasteiger partial charge on any atom is 0.271 e. The van der Waals surface area contributed by atoms with E-state index in [1.54, 1.807) is 0 Å². The van der Waals surface area contributed by atoms with E-state index in [0.717, 1.165) is 12.8 Å². The SMILES string of the molecule is O=[N+]([O-])c1ccc(Cl)c(NC2CCS(=O)CC2)c1. The highest BCUT2D eigenvalue weighted by atomic mass is 35.5. The summed E-state index contributed by atoms with van der Waals surface area (Å²) in [4.78, 5) is 10.2. The zero-order valence-electron chi connectivity index (χ0n) is 9.60. The first-order valence-electron chi connectivity index (χ1n) is 5.61. The Kier molecular flexibility index (Phi) is 4.19. The molecule has 0 aromatic heterocycles. The molecule has 1 heterocycles. The van der Waals surface area contributed by atoms with Gasteiger partial charge in [0.25, 0.3) is 5.69 Å². The lowest BCUT2D eigenvalue weighted by molar-refractivity contribution is -0.384. The number of nitrogens with one attached hydrogen (secondary N) is 1. The number of halogens is 1. The average Bonchev–Trinajstić information content (AvgIpc) is 2.34. The summed E-state index contributed by atoms with van der Waals surface area (Å²) in [6, 6.07) is 4.52. The molecule has 5 nitrogen and oxygen atoms in total. The predicted octanol–water partition coefficient (Wildman–Crippen LogP) is 2.57. The van der Waals surface area contributed by atoms with Crippen molar-refractivity contribution in [2.24, 2.45) is 0 Å². The average molecular weight is 289 g/mol. The van der Waals surface area contributed by atoms with Gasteiger partial charge >= 0.3 is 0 Å². The van der Waals surface area contributed by atoms with Gasteiger partial charge in [0, 0.05) is 40.5 Å². The standard InChI is InChI=1S/C11H13ClN2O3S/c12-10-2-1-9(14(15)16)7-11(10)13-8-3-5-18(17)6-4-8/h1-2,7-8,13H,3-6H2. The molecule has 0 spiro atoms. The molecule has 1 aliphatic heterocycles. The second-order valence-corrected chi connectivity index (χ2v) is 6.29. The van der Waals surface area contributed by atoms with Crippen LogP contribution in [0.1, 0.15) is 12.8 Å². The fraction of sp³-hybridized carbons (Fsp3) is 0.455. The summed E-state index contributed by atoms with van der Waals surface area (Å²) in [5.74, 6) is 1.34. The van der Waals surface area contributed by atoms with Crippen molar-refractivity contribution in [3.8, 4) is 0 Å². The van der Waals surface area contributed by atoms with Crippen molar-refractivity contribution in [1.82, 2.24) is 0 Å². The topological polar surface area (TPSA) is 72.2 Å². The van der Waals surface area contributed by atoms with Crippen molar-refractivity contribution < 1.29 is 9.13 Å². The van der Waals surface area contributed by atoms with Crippen LogP contribution in [0.15, 0.2) is 18.2 Å². The highest BCUT2D eigenvalue weighted by Crippen LogP contribution is 2.28. The van der Waals surface area contributed by atoms with Crippen LogP contribution in [0.2, 0.25) is 5.02 Å². The van der Waals surface area contributed by atoms with Crippen LogP contribution in [0.3, 0.4) is 0 Å². The molecule has 1 saturated heterocycles. The lowest BCUT2D eigenvalue weighted by atomic mass is 10.1. The van der Waals surface area contributed by atoms with E-state index in [-0.39, 0.29) is 11.7 Å². The van der Waals surface area contributed by atoms with Gasteiger partial charge in [-0.15, -0.1) is 0 Å². The van der Waals surface area contributed by atoms with Gasteiger partial charge in [-0.3, -0.25) is 14.3 Å². The van der Waals surface area contributed by atoms with Crippen LogP contribution in [0.25, 0.3) is 0 Å². The fourth-order valence-electron chi connectivity index (χ4n) is 1.90. The molecule has 1 aromatic rings. The molecule has 0 saturated carbocycles. The molecular formula is C11H13ClN2O3S. The van der Waals surface area contributed by atoms with Crippen molar-refractivity contribution in [3.63, 3.8) is 0 Å². The summed E-state index contributed by atoms with van der Waals surface area (Å²) in [6.45, 7) is 0. The van der Waals surface area contributed by atoms with Crippen LogP contribution in [-0.4, -0.2) is 26.7 Å². The highest BCUT2D eigenvalue weighted by molar-refractivity contribution is 7.85. The Morgan fingerprint density at radius 3 is 2.67 bits per heavy atom. The van der Waals surface area contributed by atoms with E-state index in [0.29, 0.717) is 22.2 Å². The Hall–Kier alpha value is -1.14. The monoisotopic (exact) mass is 288 g/mol. The molecule has 0 bridgehead atoms. The summed E-state index contributed by atoms with van der Waals surface area (Å²) in [5.41, 5.74) is 0.588. The van der Waals surface area contributed by atoms with Gasteiger partial charge in [-0.25, -0.2) is 0 Å². The maximum atomic E-state index is 11.2. The van der Waals surface area contributed by atoms with E-state index in [1.165, 1.54) is 18.2 Å². The molecule has 1 N–H and O–H groups in total. The molecule has 1 fully saturated rings. The van der Waals surface area contributed by atoms with Gasteiger partial charge in [0.15, 0.2) is 0 Å². The van der Waals surface area contributed by atoms with E-state index in [4.69, 9.17) is 11.6 Å². The summed E-state index contributed by atoms with van der Waals surface area (Å²) in [6.07, 6.45) is 1.59. The number of nitrogens with zero attached hydrogens (tertiary/aromatic N) is 1. The Labute approximate surface area is 112 Å². The highest BCUT2D eigenvalue weighted by Gasteiger charge is 2.19. The molecule has 7 heteroatoms. The van der Waals surface area contributed by atoms with Gasteiger partial charge in [-0.05, 0) is 18.9 Å². The normalized spacial score (nSPS) is 23.6. The Morgan fingerprint density at radius 1 is 1.39 bits per heavy atom. The van der Waals surface area contributed by atoms with Crippen molar-refractivity contribution in [2.75, 3.05) is 16.8 Å². The number of rotatable bonds is 3. The molecule has 0 atom stereocenters. The molecule has 0 unspecified atom stereocenters. The first-order chi connectivity index (χ1) is 8.56. The van der Waals surface area contributed by atoms with E-state index in [2.05, 4.69) is 5.32 Å². The molecule has 0 radical (unpaired) electrons.